The summed E-state index contributed by atoms with van der Waals surface area (Å²) in [7, 11) is 0. The molecular formula is C24H40N2O8W2+2. The summed E-state index contributed by atoms with van der Waals surface area (Å²) in [6.45, 7) is 64.4. The fourth-order valence-corrected chi connectivity index (χ4v) is 2.68. The molecule has 36 heavy (non-hydrogen) atoms. The van der Waals surface area contributed by atoms with Gasteiger partial charge in [0.05, 0.1) is 52.4 Å². The van der Waals surface area contributed by atoms with E-state index in [2.05, 4.69) is 109 Å². The van der Waals surface area contributed by atoms with Crippen molar-refractivity contribution in [1.82, 2.24) is 0 Å². The second kappa shape index (κ2) is 102. The maximum atomic E-state index is 7.50. The van der Waals surface area contributed by atoms with Crippen molar-refractivity contribution in [2.45, 2.75) is 55.4 Å². The third-order valence-corrected chi connectivity index (χ3v) is 5.37. The molecule has 0 aromatic rings. The molecule has 0 aliphatic carbocycles. The number of nitrogens with zero attached hydrogens (tertiary/aromatic N) is 2. The molecule has 0 bridgehead atoms. The SMILES string of the molecule is CC[N+](CC)(CC)CC.CC[N+](CC)(CC)CC.[C-]#[O+].[C-]#[O+].[C-]#[O+].[C-]#[O+].[C-]#[O+].[C-]#[O+].[C-]#[O+].[C-]#[O+].[W].[W]. The number of hydrogen-bond acceptors (Lipinski definition) is 0. The topological polar surface area (TPSA) is 159 Å². The Kier molecular flexibility index (Phi) is 217. The van der Waals surface area contributed by atoms with Gasteiger partial charge in [-0.25, -0.2) is 0 Å². The molecule has 10 nitrogen and oxygen atoms in total. The predicted octanol–water partition coefficient (Wildman–Crippen LogP) is 3.46. The average Bonchev–Trinajstić information content (AvgIpc) is 3.01. The van der Waals surface area contributed by atoms with E-state index >= 15 is 0 Å². The summed E-state index contributed by atoms with van der Waals surface area (Å²) in [6.07, 6.45) is 0. The Bertz CT molecular complexity index is 351. The molecule has 0 heterocycles. The summed E-state index contributed by atoms with van der Waals surface area (Å²) in [4.78, 5) is 0. The first kappa shape index (κ1) is 76.5. The molecular weight excluding hydrogens is 812 g/mol. The molecule has 0 aromatic carbocycles. The normalized spacial score (nSPS) is 6.44. The molecule has 0 saturated heterocycles. The summed E-state index contributed by atoms with van der Waals surface area (Å²) in [6, 6.07) is 0. The van der Waals surface area contributed by atoms with Gasteiger partial charge in [0, 0.05) is 42.1 Å². The Morgan fingerprint density at radius 1 is 0.278 bits per heavy atom. The van der Waals surface area contributed by atoms with Crippen LogP contribution in [0.1, 0.15) is 55.4 Å². The van der Waals surface area contributed by atoms with Gasteiger partial charge < -0.3 is 8.97 Å². The van der Waals surface area contributed by atoms with Gasteiger partial charge in [0.1, 0.15) is 0 Å². The van der Waals surface area contributed by atoms with Crippen molar-refractivity contribution in [2.24, 2.45) is 0 Å². The fourth-order valence-electron chi connectivity index (χ4n) is 2.68. The third-order valence-electron chi connectivity index (χ3n) is 5.37. The summed E-state index contributed by atoms with van der Waals surface area (Å²) in [5.74, 6) is 0. The van der Waals surface area contributed by atoms with E-state index in [-0.39, 0.29) is 42.1 Å². The van der Waals surface area contributed by atoms with E-state index in [1.165, 1.54) is 61.3 Å². The van der Waals surface area contributed by atoms with Crippen LogP contribution in [-0.2, 0) is 79.3 Å². The molecule has 0 saturated carbocycles. The van der Waals surface area contributed by atoms with E-state index in [0.29, 0.717) is 0 Å². The summed E-state index contributed by atoms with van der Waals surface area (Å²) >= 11 is 0. The smallest absolute Gasteiger partial charge is 0 e. The second-order valence-corrected chi connectivity index (χ2v) is 5.21. The van der Waals surface area contributed by atoms with Gasteiger partial charge in [-0.3, -0.25) is 0 Å². The summed E-state index contributed by atoms with van der Waals surface area (Å²) in [5, 5.41) is 0. The van der Waals surface area contributed by atoms with Crippen molar-refractivity contribution in [3.8, 4) is 0 Å². The largest absolute Gasteiger partial charge is 0 e. The van der Waals surface area contributed by atoms with Gasteiger partial charge in [-0.15, -0.1) is 0 Å². The second-order valence-electron chi connectivity index (χ2n) is 5.21. The Balaban J connectivity index is -0.0000000199. The van der Waals surface area contributed by atoms with E-state index in [9.17, 15) is 0 Å². The third kappa shape index (κ3) is 64.0. The predicted molar refractivity (Wildman–Crippen MR) is 116 cm³/mol. The average molecular weight is 852 g/mol. The fraction of sp³-hybridized carbons (Fsp3) is 0.667. The van der Waals surface area contributed by atoms with E-state index in [4.69, 9.17) is 37.2 Å². The van der Waals surface area contributed by atoms with Gasteiger partial charge in [-0.2, -0.15) is 0 Å². The first-order chi connectivity index (χ1) is 16.5. The maximum Gasteiger partial charge on any atom is 0 e. The van der Waals surface area contributed by atoms with Crippen LogP contribution >= 0.6 is 0 Å². The van der Waals surface area contributed by atoms with Crippen LogP contribution in [-0.4, -0.2) is 61.3 Å². The Labute approximate surface area is 248 Å². The molecule has 0 unspecified atom stereocenters. The summed E-state index contributed by atoms with van der Waals surface area (Å²) < 4.78 is 62.6. The van der Waals surface area contributed by atoms with Gasteiger partial charge in [-0.1, -0.05) is 0 Å². The van der Waals surface area contributed by atoms with Crippen LogP contribution in [0.2, 0.25) is 0 Å². The van der Waals surface area contributed by atoms with Gasteiger partial charge in [0.2, 0.25) is 0 Å². The Hall–Kier alpha value is -0.783. The van der Waals surface area contributed by atoms with Crippen molar-refractivity contribution < 1.29 is 88.3 Å². The summed E-state index contributed by atoms with van der Waals surface area (Å²) in [5.41, 5.74) is 0. The minimum absolute atomic E-state index is 0. The molecule has 0 amide bonds. The van der Waals surface area contributed by atoms with Crippen molar-refractivity contribution >= 4 is 0 Å². The van der Waals surface area contributed by atoms with Crippen molar-refractivity contribution in [3.63, 3.8) is 0 Å². The quantitative estimate of drug-likeness (QED) is 0.199. The molecule has 0 aliphatic heterocycles. The molecule has 12 heteroatoms. The van der Waals surface area contributed by atoms with Gasteiger partial charge in [-0.05, 0) is 55.4 Å². The standard InChI is InChI=1S/2C8H20N.8CO.2W/c2*1-5-9(6-2,7-3)8-4;8*1-2;;/h2*5-8H2,1-4H3;;;;;;;;;;/q2*+1;;;;;;;;;;. The molecule has 0 rings (SSSR count). The molecule has 0 aliphatic rings. The molecule has 0 N–H and O–H groups in total. The number of rotatable bonds is 8. The monoisotopic (exact) mass is 852 g/mol. The van der Waals surface area contributed by atoms with E-state index < -0.39 is 0 Å². The van der Waals surface area contributed by atoms with Crippen LogP contribution in [0, 0.1) is 53.2 Å². The zero-order valence-corrected chi connectivity index (χ0v) is 28.5. The molecule has 0 aromatic heterocycles. The number of hydrogen-bond donors (Lipinski definition) is 0. The van der Waals surface area contributed by atoms with E-state index in [0.717, 1.165) is 0 Å². The van der Waals surface area contributed by atoms with E-state index in [1.807, 2.05) is 0 Å². The van der Waals surface area contributed by atoms with Crippen LogP contribution in [0.5, 0.6) is 0 Å². The van der Waals surface area contributed by atoms with Crippen LogP contribution < -0.4 is 0 Å². The Morgan fingerprint density at radius 2 is 0.333 bits per heavy atom. The first-order valence-electron chi connectivity index (χ1n) is 9.82. The van der Waals surface area contributed by atoms with Crippen LogP contribution in [0.3, 0.4) is 0 Å². The molecule has 0 spiro atoms. The zero-order valence-electron chi connectivity index (χ0n) is 22.6. The van der Waals surface area contributed by atoms with Gasteiger partial charge in [0.15, 0.2) is 0 Å². The van der Waals surface area contributed by atoms with Crippen LogP contribution in [0.15, 0.2) is 0 Å². The first-order valence-corrected chi connectivity index (χ1v) is 9.82. The van der Waals surface area contributed by atoms with Crippen LogP contribution in [0.25, 0.3) is 0 Å². The Morgan fingerprint density at radius 3 is 0.333 bits per heavy atom. The number of quaternary nitrogens is 2. The molecule has 0 radical (unpaired) electrons. The zero-order chi connectivity index (χ0) is 30.7. The van der Waals surface area contributed by atoms with Gasteiger partial charge in [0.25, 0.3) is 0 Å². The maximum absolute atomic E-state index is 7.50. The van der Waals surface area contributed by atoms with Crippen molar-refractivity contribution in [3.05, 3.63) is 53.2 Å². The minimum Gasteiger partial charge on any atom is 0 e. The molecule has 0 atom stereocenters. The van der Waals surface area contributed by atoms with E-state index in [1.54, 1.807) is 0 Å². The molecule has 0 fully saturated rings. The van der Waals surface area contributed by atoms with Crippen LogP contribution in [0.4, 0.5) is 0 Å². The van der Waals surface area contributed by atoms with Gasteiger partial charge >= 0.3 is 90.4 Å². The minimum atomic E-state index is 0. The van der Waals surface area contributed by atoms with Crippen molar-refractivity contribution in [1.29, 1.82) is 0 Å². The molecule has 204 valence electrons. The van der Waals surface area contributed by atoms with Crippen molar-refractivity contribution in [2.75, 3.05) is 52.4 Å².